The number of fused-ring (bicyclic) bond motifs is 1. The average Bonchev–Trinajstić information content (AvgIpc) is 2.85. The van der Waals surface area contributed by atoms with Gasteiger partial charge in [0.25, 0.3) is 5.91 Å². The number of nitrogens with zero attached hydrogens (tertiary/aromatic N) is 3. The van der Waals surface area contributed by atoms with Crippen molar-refractivity contribution < 1.29 is 14.7 Å². The standard InChI is InChI=1S/C16H14ClN3O3/c1-8(16(22)23)20-7-11-4-3-10(5-12(11)15(20)21)14-13(17)6-18-9(2)19-14/h3-6,8H,7H2,1-2H3,(H,22,23)/t8-/m1/s1. The second-order valence-corrected chi connectivity index (χ2v) is 5.84. The minimum Gasteiger partial charge on any atom is -0.480 e. The first-order valence-electron chi connectivity index (χ1n) is 7.04. The SMILES string of the molecule is Cc1ncc(Cl)c(-c2ccc3c(c2)C(=O)N([C@H](C)C(=O)O)C3)n1. The molecule has 1 aromatic heterocycles. The van der Waals surface area contributed by atoms with Crippen molar-refractivity contribution in [3.8, 4) is 11.3 Å². The Hall–Kier alpha value is -2.47. The molecule has 0 aliphatic carbocycles. The number of aryl methyl sites for hydroxylation is 1. The summed E-state index contributed by atoms with van der Waals surface area (Å²) in [5.74, 6) is -0.739. The van der Waals surface area contributed by atoms with E-state index in [2.05, 4.69) is 9.97 Å². The van der Waals surface area contributed by atoms with Gasteiger partial charge in [-0.1, -0.05) is 23.7 Å². The summed E-state index contributed by atoms with van der Waals surface area (Å²) < 4.78 is 0. The van der Waals surface area contributed by atoms with E-state index >= 15 is 0 Å². The summed E-state index contributed by atoms with van der Waals surface area (Å²) in [6, 6.07) is 4.47. The Kier molecular flexibility index (Phi) is 3.77. The first-order valence-corrected chi connectivity index (χ1v) is 7.42. The number of carbonyl (C=O) groups is 2. The van der Waals surface area contributed by atoms with Gasteiger partial charge in [0.2, 0.25) is 0 Å². The fraction of sp³-hybridized carbons (Fsp3) is 0.250. The van der Waals surface area contributed by atoms with E-state index in [0.29, 0.717) is 34.2 Å². The van der Waals surface area contributed by atoms with Crippen molar-refractivity contribution in [1.82, 2.24) is 14.9 Å². The largest absolute Gasteiger partial charge is 0.480 e. The molecule has 1 N–H and O–H groups in total. The van der Waals surface area contributed by atoms with Gasteiger partial charge in [0.1, 0.15) is 11.9 Å². The molecule has 1 aliphatic rings. The minimum absolute atomic E-state index is 0.290. The molecule has 118 valence electrons. The van der Waals surface area contributed by atoms with Crippen molar-refractivity contribution in [2.24, 2.45) is 0 Å². The zero-order valence-corrected chi connectivity index (χ0v) is 13.3. The molecule has 0 unspecified atom stereocenters. The lowest BCUT2D eigenvalue weighted by molar-refractivity contribution is -0.141. The first kappa shape index (κ1) is 15.4. The fourth-order valence-corrected chi connectivity index (χ4v) is 2.77. The molecule has 1 amide bonds. The summed E-state index contributed by atoms with van der Waals surface area (Å²) >= 11 is 6.14. The number of hydrogen-bond donors (Lipinski definition) is 1. The number of hydrogen-bond acceptors (Lipinski definition) is 4. The van der Waals surface area contributed by atoms with E-state index in [-0.39, 0.29) is 5.91 Å². The fourth-order valence-electron chi connectivity index (χ4n) is 2.57. The zero-order chi connectivity index (χ0) is 16.7. The number of aliphatic carboxylic acids is 1. The smallest absolute Gasteiger partial charge is 0.326 e. The molecule has 0 saturated heterocycles. The molecule has 0 fully saturated rings. The number of halogens is 1. The van der Waals surface area contributed by atoms with Gasteiger partial charge in [0.15, 0.2) is 0 Å². The van der Waals surface area contributed by atoms with E-state index in [4.69, 9.17) is 16.7 Å². The van der Waals surface area contributed by atoms with Crippen LogP contribution in [0.4, 0.5) is 0 Å². The number of carbonyl (C=O) groups excluding carboxylic acids is 1. The molecular weight excluding hydrogens is 318 g/mol. The van der Waals surface area contributed by atoms with Gasteiger partial charge in [0.05, 0.1) is 10.7 Å². The molecule has 7 heteroatoms. The van der Waals surface area contributed by atoms with Crippen molar-refractivity contribution in [3.05, 3.63) is 46.4 Å². The lowest BCUT2D eigenvalue weighted by atomic mass is 10.0. The van der Waals surface area contributed by atoms with Gasteiger partial charge in [0, 0.05) is 23.9 Å². The molecule has 2 aromatic rings. The molecule has 1 atom stereocenters. The third-order valence-electron chi connectivity index (χ3n) is 3.90. The summed E-state index contributed by atoms with van der Waals surface area (Å²) in [7, 11) is 0. The molecule has 3 rings (SSSR count). The van der Waals surface area contributed by atoms with Crippen LogP contribution in [0.5, 0.6) is 0 Å². The maximum absolute atomic E-state index is 12.5. The number of carboxylic acids is 1. The molecule has 0 radical (unpaired) electrons. The van der Waals surface area contributed by atoms with Gasteiger partial charge in [-0.15, -0.1) is 0 Å². The van der Waals surface area contributed by atoms with Crippen LogP contribution in [0.15, 0.2) is 24.4 Å². The van der Waals surface area contributed by atoms with Crippen LogP contribution in [0.25, 0.3) is 11.3 Å². The Morgan fingerprint density at radius 1 is 1.43 bits per heavy atom. The van der Waals surface area contributed by atoms with Gasteiger partial charge in [-0.3, -0.25) is 4.79 Å². The highest BCUT2D eigenvalue weighted by Gasteiger charge is 2.34. The van der Waals surface area contributed by atoms with Crippen LogP contribution >= 0.6 is 11.6 Å². The van der Waals surface area contributed by atoms with Gasteiger partial charge in [-0.25, -0.2) is 14.8 Å². The second kappa shape index (κ2) is 5.62. The first-order chi connectivity index (χ1) is 10.9. The van der Waals surface area contributed by atoms with Crippen LogP contribution in [0, 0.1) is 6.92 Å². The maximum atomic E-state index is 12.5. The van der Waals surface area contributed by atoms with E-state index in [1.807, 2.05) is 12.1 Å². The van der Waals surface area contributed by atoms with Crippen molar-refractivity contribution in [1.29, 1.82) is 0 Å². The maximum Gasteiger partial charge on any atom is 0.326 e. The average molecular weight is 332 g/mol. The van der Waals surface area contributed by atoms with Crippen LogP contribution in [0.3, 0.4) is 0 Å². The van der Waals surface area contributed by atoms with Crippen LogP contribution in [0.1, 0.15) is 28.7 Å². The molecular formula is C16H14ClN3O3. The summed E-state index contributed by atoms with van der Waals surface area (Å²) in [4.78, 5) is 33.3. The number of aromatic nitrogens is 2. The van der Waals surface area contributed by atoms with E-state index < -0.39 is 12.0 Å². The normalized spacial score (nSPS) is 14.7. The molecule has 0 bridgehead atoms. The molecule has 1 aliphatic heterocycles. The number of amides is 1. The Balaban J connectivity index is 2.01. The summed E-state index contributed by atoms with van der Waals surface area (Å²) in [6.07, 6.45) is 1.52. The Morgan fingerprint density at radius 3 is 2.87 bits per heavy atom. The molecule has 0 saturated carbocycles. The molecule has 2 heterocycles. The lowest BCUT2D eigenvalue weighted by Crippen LogP contribution is -2.38. The highest BCUT2D eigenvalue weighted by atomic mass is 35.5. The number of rotatable bonds is 3. The molecule has 23 heavy (non-hydrogen) atoms. The number of benzene rings is 1. The van der Waals surface area contributed by atoms with Crippen LogP contribution in [0.2, 0.25) is 5.02 Å². The van der Waals surface area contributed by atoms with Crippen molar-refractivity contribution in [2.45, 2.75) is 26.4 Å². The minimum atomic E-state index is -1.03. The quantitative estimate of drug-likeness (QED) is 0.934. The Bertz CT molecular complexity index is 822. The van der Waals surface area contributed by atoms with E-state index in [0.717, 1.165) is 5.56 Å². The van der Waals surface area contributed by atoms with Gasteiger partial charge in [-0.2, -0.15) is 0 Å². The Morgan fingerprint density at radius 2 is 2.17 bits per heavy atom. The topological polar surface area (TPSA) is 83.4 Å². The lowest BCUT2D eigenvalue weighted by Gasteiger charge is -2.19. The Labute approximate surface area is 137 Å². The van der Waals surface area contributed by atoms with Crippen LogP contribution in [-0.4, -0.2) is 37.9 Å². The second-order valence-electron chi connectivity index (χ2n) is 5.43. The van der Waals surface area contributed by atoms with Gasteiger partial charge in [-0.05, 0) is 25.5 Å². The van der Waals surface area contributed by atoms with E-state index in [9.17, 15) is 9.59 Å². The molecule has 0 spiro atoms. The van der Waals surface area contributed by atoms with Gasteiger partial charge < -0.3 is 10.0 Å². The van der Waals surface area contributed by atoms with E-state index in [1.165, 1.54) is 18.0 Å². The predicted octanol–water partition coefficient (Wildman–Crippen LogP) is 2.53. The van der Waals surface area contributed by atoms with Crippen molar-refractivity contribution >= 4 is 23.5 Å². The van der Waals surface area contributed by atoms with Crippen LogP contribution < -0.4 is 0 Å². The van der Waals surface area contributed by atoms with Crippen LogP contribution in [-0.2, 0) is 11.3 Å². The van der Waals surface area contributed by atoms with Crippen molar-refractivity contribution in [2.75, 3.05) is 0 Å². The molecule has 6 nitrogen and oxygen atoms in total. The highest BCUT2D eigenvalue weighted by Crippen LogP contribution is 2.31. The third-order valence-corrected chi connectivity index (χ3v) is 4.18. The highest BCUT2D eigenvalue weighted by molar-refractivity contribution is 6.32. The summed E-state index contributed by atoms with van der Waals surface area (Å²) in [5, 5.41) is 9.51. The monoisotopic (exact) mass is 331 g/mol. The molecule has 1 aromatic carbocycles. The third kappa shape index (κ3) is 2.66. The zero-order valence-electron chi connectivity index (χ0n) is 12.6. The summed E-state index contributed by atoms with van der Waals surface area (Å²) in [5.41, 5.74) is 2.55. The van der Waals surface area contributed by atoms with Gasteiger partial charge >= 0.3 is 5.97 Å². The number of carboxylic acid groups (broad SMARTS) is 1. The predicted molar refractivity (Wildman–Crippen MR) is 84.2 cm³/mol. The summed E-state index contributed by atoms with van der Waals surface area (Å²) in [6.45, 7) is 3.55. The van der Waals surface area contributed by atoms with Crippen molar-refractivity contribution in [3.63, 3.8) is 0 Å². The van der Waals surface area contributed by atoms with E-state index in [1.54, 1.807) is 13.0 Å².